The molecule has 1 aromatic rings. The monoisotopic (exact) mass is 397 g/mol. The second-order valence-corrected chi connectivity index (χ2v) is 8.89. The van der Waals surface area contributed by atoms with Crippen molar-refractivity contribution in [2.75, 3.05) is 12.9 Å². The molecule has 1 aromatic heterocycles. The van der Waals surface area contributed by atoms with E-state index in [9.17, 15) is 5.11 Å². The van der Waals surface area contributed by atoms with Crippen molar-refractivity contribution in [3.8, 4) is 0 Å². The van der Waals surface area contributed by atoms with Gasteiger partial charge in [-0.1, -0.05) is 0 Å². The molecule has 18 heavy (non-hydrogen) atoms. The Hall–Kier alpha value is 0.700. The van der Waals surface area contributed by atoms with Gasteiger partial charge in [0.25, 0.3) is 0 Å². The van der Waals surface area contributed by atoms with E-state index in [1.165, 1.54) is 27.7 Å². The Kier molecular flexibility index (Phi) is 5.81. The number of aryl methyl sites for hydroxylation is 1. The summed E-state index contributed by atoms with van der Waals surface area (Å²) in [6.07, 6.45) is 5.80. The van der Waals surface area contributed by atoms with Crippen LogP contribution in [-0.4, -0.2) is 29.3 Å². The largest absolute Gasteiger partial charge is 0.395 e. The second-order valence-electron chi connectivity index (χ2n) is 4.79. The van der Waals surface area contributed by atoms with Gasteiger partial charge in [-0.25, -0.2) is 0 Å². The van der Waals surface area contributed by atoms with Crippen molar-refractivity contribution in [2.24, 2.45) is 0 Å². The summed E-state index contributed by atoms with van der Waals surface area (Å²) in [4.78, 5) is 1.56. The summed E-state index contributed by atoms with van der Waals surface area (Å²) in [7, 11) is 0. The summed E-state index contributed by atoms with van der Waals surface area (Å²) < 4.78 is 1.39. The molecule has 0 fully saturated rings. The zero-order valence-corrected chi connectivity index (χ0v) is 14.6. The van der Waals surface area contributed by atoms with Crippen LogP contribution in [0.15, 0.2) is 6.07 Å². The van der Waals surface area contributed by atoms with E-state index >= 15 is 0 Å². The van der Waals surface area contributed by atoms with Gasteiger partial charge >= 0.3 is 0 Å². The summed E-state index contributed by atoms with van der Waals surface area (Å²) in [6, 6.07) is 3.15. The first kappa shape index (κ1) is 15.1. The van der Waals surface area contributed by atoms with Crippen LogP contribution in [0.4, 0.5) is 0 Å². The molecule has 2 nitrogen and oxygen atoms in total. The summed E-state index contributed by atoms with van der Waals surface area (Å²) >= 11 is 6.09. The van der Waals surface area contributed by atoms with E-state index in [4.69, 9.17) is 0 Å². The van der Waals surface area contributed by atoms with Gasteiger partial charge in [-0.3, -0.25) is 0 Å². The maximum atomic E-state index is 9.37. The van der Waals surface area contributed by atoms with Gasteiger partial charge in [0.05, 0.1) is 9.49 Å². The fourth-order valence-corrected chi connectivity index (χ4v) is 5.31. The minimum atomic E-state index is 0.246. The molecule has 1 aliphatic rings. The van der Waals surface area contributed by atoms with Crippen LogP contribution in [0.3, 0.4) is 0 Å². The highest BCUT2D eigenvalue weighted by Crippen LogP contribution is 2.36. The lowest BCUT2D eigenvalue weighted by atomic mass is 9.93. The van der Waals surface area contributed by atoms with Crippen molar-refractivity contribution in [2.45, 2.75) is 43.5 Å². The van der Waals surface area contributed by atoms with Crippen molar-refractivity contribution in [3.05, 3.63) is 19.4 Å². The predicted molar refractivity (Wildman–Crippen MR) is 89.7 cm³/mol. The molecule has 3 unspecified atom stereocenters. The molecular formula is C13H20INOS2. The molecule has 2 rings (SSSR count). The number of thiophene rings is 1. The van der Waals surface area contributed by atoms with Crippen molar-refractivity contribution >= 4 is 45.7 Å². The summed E-state index contributed by atoms with van der Waals surface area (Å²) in [5.41, 5.74) is 1.50. The quantitative estimate of drug-likeness (QED) is 0.747. The number of nitrogens with one attached hydrogen (secondary N) is 1. The van der Waals surface area contributed by atoms with Gasteiger partial charge < -0.3 is 10.4 Å². The Bertz CT molecular complexity index is 392. The molecule has 1 aliphatic carbocycles. The topological polar surface area (TPSA) is 32.3 Å². The number of fused-ring (bicyclic) bond motifs is 1. The average Bonchev–Trinajstić information content (AvgIpc) is 2.72. The van der Waals surface area contributed by atoms with E-state index in [1.54, 1.807) is 16.6 Å². The van der Waals surface area contributed by atoms with Crippen molar-refractivity contribution in [3.63, 3.8) is 0 Å². The first-order chi connectivity index (χ1) is 8.65. The molecule has 0 aromatic carbocycles. The van der Waals surface area contributed by atoms with Crippen LogP contribution in [0.5, 0.6) is 0 Å². The summed E-state index contributed by atoms with van der Waals surface area (Å²) in [6.45, 7) is 2.43. The van der Waals surface area contributed by atoms with Gasteiger partial charge in [0.1, 0.15) is 0 Å². The van der Waals surface area contributed by atoms with Gasteiger partial charge in [-0.05, 0) is 66.7 Å². The number of aliphatic hydroxyl groups excluding tert-OH is 1. The standard InChI is InChI=1S/C13H20INOS2/c1-8(12(7-16)17-2)15-10-4-3-5-11-9(10)6-13(14)18-11/h6,8,10,12,15-16H,3-5,7H2,1-2H3. The zero-order chi connectivity index (χ0) is 13.1. The van der Waals surface area contributed by atoms with E-state index in [1.807, 2.05) is 11.3 Å². The van der Waals surface area contributed by atoms with Crippen LogP contribution in [0.1, 0.15) is 36.2 Å². The van der Waals surface area contributed by atoms with Crippen molar-refractivity contribution < 1.29 is 5.11 Å². The Morgan fingerprint density at radius 3 is 3.11 bits per heavy atom. The highest BCUT2D eigenvalue weighted by Gasteiger charge is 2.25. The molecule has 0 saturated heterocycles. The van der Waals surface area contributed by atoms with Crippen LogP contribution in [-0.2, 0) is 6.42 Å². The van der Waals surface area contributed by atoms with Crippen LogP contribution >= 0.6 is 45.7 Å². The minimum absolute atomic E-state index is 0.246. The van der Waals surface area contributed by atoms with E-state index in [0.29, 0.717) is 12.1 Å². The molecule has 0 radical (unpaired) electrons. The molecular weight excluding hydrogens is 377 g/mol. The first-order valence-corrected chi connectivity index (χ1v) is 9.51. The molecule has 1 heterocycles. The lowest BCUT2D eigenvalue weighted by Gasteiger charge is -2.30. The van der Waals surface area contributed by atoms with Gasteiger partial charge in [-0.15, -0.1) is 11.3 Å². The SMILES string of the molecule is CSC(CO)C(C)NC1CCCc2sc(I)cc21. The third-order valence-electron chi connectivity index (χ3n) is 3.59. The normalized spacial score (nSPS) is 22.6. The van der Waals surface area contributed by atoms with Crippen molar-refractivity contribution in [1.82, 2.24) is 5.32 Å². The van der Waals surface area contributed by atoms with Gasteiger partial charge in [0.2, 0.25) is 0 Å². The number of thioether (sulfide) groups is 1. The molecule has 2 N–H and O–H groups in total. The number of hydrogen-bond donors (Lipinski definition) is 2. The smallest absolute Gasteiger partial charge is 0.0659 e. The Morgan fingerprint density at radius 2 is 2.44 bits per heavy atom. The first-order valence-electron chi connectivity index (χ1n) is 6.33. The second kappa shape index (κ2) is 6.92. The minimum Gasteiger partial charge on any atom is -0.395 e. The molecule has 102 valence electrons. The molecule has 0 spiro atoms. The lowest BCUT2D eigenvalue weighted by molar-refractivity contribution is 0.267. The lowest BCUT2D eigenvalue weighted by Crippen LogP contribution is -2.40. The molecule has 0 aliphatic heterocycles. The Morgan fingerprint density at radius 1 is 1.67 bits per heavy atom. The zero-order valence-electron chi connectivity index (χ0n) is 10.8. The third kappa shape index (κ3) is 3.42. The fraction of sp³-hybridized carbons (Fsp3) is 0.692. The van der Waals surface area contributed by atoms with E-state index in [0.717, 1.165) is 0 Å². The Labute approximate surface area is 131 Å². The van der Waals surface area contributed by atoms with E-state index in [2.05, 4.69) is 47.2 Å². The number of aliphatic hydroxyl groups is 1. The predicted octanol–water partition coefficient (Wildman–Crippen LogP) is 3.43. The van der Waals surface area contributed by atoms with Crippen LogP contribution in [0.2, 0.25) is 0 Å². The number of rotatable bonds is 5. The van der Waals surface area contributed by atoms with Crippen LogP contribution < -0.4 is 5.32 Å². The van der Waals surface area contributed by atoms with Gasteiger partial charge in [0, 0.05) is 22.2 Å². The van der Waals surface area contributed by atoms with Gasteiger partial charge in [-0.2, -0.15) is 11.8 Å². The maximum absolute atomic E-state index is 9.37. The fourth-order valence-electron chi connectivity index (χ4n) is 2.56. The van der Waals surface area contributed by atoms with Gasteiger partial charge in [0.15, 0.2) is 0 Å². The molecule has 3 atom stereocenters. The highest BCUT2D eigenvalue weighted by atomic mass is 127. The third-order valence-corrected chi connectivity index (χ3v) is 6.72. The Balaban J connectivity index is 2.06. The molecule has 5 heteroatoms. The number of hydrogen-bond acceptors (Lipinski definition) is 4. The molecule has 0 bridgehead atoms. The van der Waals surface area contributed by atoms with Crippen LogP contribution in [0.25, 0.3) is 0 Å². The molecule has 0 amide bonds. The van der Waals surface area contributed by atoms with E-state index in [-0.39, 0.29) is 11.9 Å². The van der Waals surface area contributed by atoms with Crippen LogP contribution in [0, 0.1) is 2.88 Å². The number of halogens is 1. The van der Waals surface area contributed by atoms with E-state index < -0.39 is 0 Å². The average molecular weight is 397 g/mol. The molecule has 0 saturated carbocycles. The highest BCUT2D eigenvalue weighted by molar-refractivity contribution is 14.1. The van der Waals surface area contributed by atoms with Crippen molar-refractivity contribution in [1.29, 1.82) is 0 Å². The summed E-state index contributed by atoms with van der Waals surface area (Å²) in [5.74, 6) is 0. The summed E-state index contributed by atoms with van der Waals surface area (Å²) in [5, 5.41) is 13.4. The maximum Gasteiger partial charge on any atom is 0.0659 e.